The van der Waals surface area contributed by atoms with Crippen LogP contribution in [0, 0.1) is 5.92 Å². The Kier molecular flexibility index (Phi) is 6.61. The summed E-state index contributed by atoms with van der Waals surface area (Å²) in [6.45, 7) is 4.22. The molecule has 0 saturated carbocycles. The average Bonchev–Trinajstić information content (AvgIpc) is 3.20. The zero-order valence-electron chi connectivity index (χ0n) is 16.3. The number of thiophene rings is 1. The van der Waals surface area contributed by atoms with Gasteiger partial charge >= 0.3 is 0 Å². The van der Waals surface area contributed by atoms with Crippen molar-refractivity contribution >= 4 is 28.8 Å². The maximum absolute atomic E-state index is 12.4. The largest absolute Gasteiger partial charge is 0.348 e. The van der Waals surface area contributed by atoms with Crippen LogP contribution in [0.15, 0.2) is 58.7 Å². The summed E-state index contributed by atoms with van der Waals surface area (Å²) in [5.41, 5.74) is 1.83. The Morgan fingerprint density at radius 1 is 1.10 bits per heavy atom. The molecule has 2 heterocycles. The molecule has 29 heavy (non-hydrogen) atoms. The Hall–Kier alpha value is -3.19. The van der Waals surface area contributed by atoms with Gasteiger partial charge in [0.15, 0.2) is 0 Å². The molecule has 1 aromatic carbocycles. The fraction of sp³-hybridized carbons (Fsp3) is 0.227. The van der Waals surface area contributed by atoms with Gasteiger partial charge in [0.1, 0.15) is 5.56 Å². The third-order valence-corrected chi connectivity index (χ3v) is 5.10. The van der Waals surface area contributed by atoms with Crippen molar-refractivity contribution in [1.82, 2.24) is 10.3 Å². The zero-order chi connectivity index (χ0) is 20.8. The van der Waals surface area contributed by atoms with Crippen LogP contribution in [-0.4, -0.2) is 16.8 Å². The number of aromatic nitrogens is 1. The van der Waals surface area contributed by atoms with E-state index in [0.29, 0.717) is 17.8 Å². The van der Waals surface area contributed by atoms with E-state index in [2.05, 4.69) is 15.6 Å². The average molecular weight is 410 g/mol. The lowest BCUT2D eigenvalue weighted by Crippen LogP contribution is -2.29. The van der Waals surface area contributed by atoms with Gasteiger partial charge in [0, 0.05) is 18.7 Å². The van der Waals surface area contributed by atoms with Crippen molar-refractivity contribution < 1.29 is 9.59 Å². The van der Waals surface area contributed by atoms with Crippen LogP contribution in [0.4, 0.5) is 5.69 Å². The van der Waals surface area contributed by atoms with Crippen molar-refractivity contribution in [3.63, 3.8) is 0 Å². The monoisotopic (exact) mass is 409 g/mol. The number of nitrogens with one attached hydrogen (secondary N) is 3. The molecule has 3 rings (SSSR count). The summed E-state index contributed by atoms with van der Waals surface area (Å²) >= 11 is 1.51. The Balaban J connectivity index is 1.63. The van der Waals surface area contributed by atoms with Crippen LogP contribution in [-0.2, 0) is 11.3 Å². The number of benzene rings is 1. The third kappa shape index (κ3) is 5.65. The zero-order valence-corrected chi connectivity index (χ0v) is 17.1. The van der Waals surface area contributed by atoms with Gasteiger partial charge in [-0.15, -0.1) is 11.3 Å². The maximum Gasteiger partial charge on any atom is 0.261 e. The number of H-pyrrole nitrogens is 1. The summed E-state index contributed by atoms with van der Waals surface area (Å²) in [6.07, 6.45) is 0.450. The van der Waals surface area contributed by atoms with E-state index in [4.69, 9.17) is 0 Å². The summed E-state index contributed by atoms with van der Waals surface area (Å²) in [5.74, 6) is -0.210. The van der Waals surface area contributed by atoms with Crippen LogP contribution < -0.4 is 16.2 Å². The summed E-state index contributed by atoms with van der Waals surface area (Å²) < 4.78 is 0. The lowest BCUT2D eigenvalue weighted by atomic mass is 10.1. The highest BCUT2D eigenvalue weighted by molar-refractivity contribution is 7.13. The van der Waals surface area contributed by atoms with Gasteiger partial charge in [0.25, 0.3) is 11.5 Å². The molecule has 0 bridgehead atoms. The highest BCUT2D eigenvalue weighted by Gasteiger charge is 2.12. The van der Waals surface area contributed by atoms with E-state index in [1.165, 1.54) is 17.4 Å². The van der Waals surface area contributed by atoms with E-state index < -0.39 is 11.5 Å². The second-order valence-electron chi connectivity index (χ2n) is 7.12. The van der Waals surface area contributed by atoms with Crippen molar-refractivity contribution in [2.45, 2.75) is 26.8 Å². The number of rotatable bonds is 7. The summed E-state index contributed by atoms with van der Waals surface area (Å²) in [6, 6.07) is 14.3. The van der Waals surface area contributed by atoms with Gasteiger partial charge in [-0.05, 0) is 47.2 Å². The minimum absolute atomic E-state index is 0.0430. The van der Waals surface area contributed by atoms with Crippen LogP contribution in [0.25, 0.3) is 10.6 Å². The molecular weight excluding hydrogens is 386 g/mol. The van der Waals surface area contributed by atoms with Gasteiger partial charge in [-0.1, -0.05) is 32.0 Å². The fourth-order valence-corrected chi connectivity index (χ4v) is 3.55. The Morgan fingerprint density at radius 3 is 2.62 bits per heavy atom. The molecule has 0 saturated heterocycles. The van der Waals surface area contributed by atoms with Crippen molar-refractivity contribution in [2.75, 3.05) is 5.32 Å². The minimum Gasteiger partial charge on any atom is -0.348 e. The first kappa shape index (κ1) is 20.5. The molecular formula is C22H23N3O3S. The van der Waals surface area contributed by atoms with E-state index in [0.717, 1.165) is 10.4 Å². The summed E-state index contributed by atoms with van der Waals surface area (Å²) in [7, 11) is 0. The molecule has 0 aliphatic carbocycles. The molecule has 3 aromatic rings. The topological polar surface area (TPSA) is 91.1 Å². The molecule has 0 unspecified atom stereocenters. The first-order valence-corrected chi connectivity index (χ1v) is 10.2. The molecule has 0 fully saturated rings. The number of aromatic amines is 1. The Labute approximate surface area is 173 Å². The SMILES string of the molecule is CC(C)CC(=O)Nc1cccc(CNC(=O)c2ccc(-c3cccs3)[nH]c2=O)c1. The van der Waals surface area contributed by atoms with Crippen LogP contribution in [0.5, 0.6) is 0 Å². The summed E-state index contributed by atoms with van der Waals surface area (Å²) in [4.78, 5) is 40.3. The van der Waals surface area contributed by atoms with E-state index in [-0.39, 0.29) is 23.9 Å². The smallest absolute Gasteiger partial charge is 0.261 e. The molecule has 7 heteroatoms. The Bertz CT molecular complexity index is 1060. The van der Waals surface area contributed by atoms with Gasteiger partial charge in [-0.3, -0.25) is 14.4 Å². The molecule has 6 nitrogen and oxygen atoms in total. The van der Waals surface area contributed by atoms with E-state index >= 15 is 0 Å². The molecule has 0 aliphatic rings. The van der Waals surface area contributed by atoms with E-state index in [9.17, 15) is 14.4 Å². The van der Waals surface area contributed by atoms with Crippen LogP contribution >= 0.6 is 11.3 Å². The van der Waals surface area contributed by atoms with Crippen LogP contribution in [0.2, 0.25) is 0 Å². The quantitative estimate of drug-likeness (QED) is 0.550. The summed E-state index contributed by atoms with van der Waals surface area (Å²) in [5, 5.41) is 7.53. The molecule has 2 amide bonds. The first-order valence-electron chi connectivity index (χ1n) is 9.36. The number of hydrogen-bond donors (Lipinski definition) is 3. The molecule has 150 valence electrons. The Morgan fingerprint density at radius 2 is 1.93 bits per heavy atom. The molecule has 0 aliphatic heterocycles. The highest BCUT2D eigenvalue weighted by Crippen LogP contribution is 2.21. The molecule has 0 atom stereocenters. The highest BCUT2D eigenvalue weighted by atomic mass is 32.1. The molecule has 3 N–H and O–H groups in total. The minimum atomic E-state index is -0.446. The van der Waals surface area contributed by atoms with Gasteiger partial charge < -0.3 is 15.6 Å². The number of amides is 2. The van der Waals surface area contributed by atoms with Crippen molar-refractivity contribution in [3.05, 3.63) is 75.4 Å². The molecule has 0 spiro atoms. The van der Waals surface area contributed by atoms with Gasteiger partial charge in [0.05, 0.1) is 10.6 Å². The second kappa shape index (κ2) is 9.34. The fourth-order valence-electron chi connectivity index (χ4n) is 2.85. The third-order valence-electron chi connectivity index (χ3n) is 4.20. The number of carbonyl (C=O) groups is 2. The number of hydrogen-bond acceptors (Lipinski definition) is 4. The number of pyridine rings is 1. The van der Waals surface area contributed by atoms with Gasteiger partial charge in [-0.25, -0.2) is 0 Å². The number of carbonyl (C=O) groups excluding carboxylic acids is 2. The van der Waals surface area contributed by atoms with Crippen molar-refractivity contribution in [2.24, 2.45) is 5.92 Å². The predicted octanol–water partition coefficient (Wildman–Crippen LogP) is 4.02. The lowest BCUT2D eigenvalue weighted by molar-refractivity contribution is -0.116. The van der Waals surface area contributed by atoms with Gasteiger partial charge in [0.2, 0.25) is 5.91 Å². The first-order chi connectivity index (χ1) is 13.9. The van der Waals surface area contributed by atoms with E-state index in [1.807, 2.05) is 49.6 Å². The normalized spacial score (nSPS) is 10.7. The van der Waals surface area contributed by atoms with E-state index in [1.54, 1.807) is 12.1 Å². The standard InChI is InChI=1S/C22H23N3O3S/c1-14(2)11-20(26)24-16-6-3-5-15(12-16)13-23-21(27)17-8-9-18(25-22(17)28)19-7-4-10-29-19/h3-10,12,14H,11,13H2,1-2H3,(H,23,27)(H,24,26)(H,25,28). The molecule has 2 aromatic heterocycles. The number of anilines is 1. The van der Waals surface area contributed by atoms with Crippen LogP contribution in [0.1, 0.15) is 36.2 Å². The second-order valence-corrected chi connectivity index (χ2v) is 8.07. The van der Waals surface area contributed by atoms with Crippen molar-refractivity contribution in [3.8, 4) is 10.6 Å². The van der Waals surface area contributed by atoms with Crippen molar-refractivity contribution in [1.29, 1.82) is 0 Å². The maximum atomic E-state index is 12.4. The lowest BCUT2D eigenvalue weighted by Gasteiger charge is -2.10. The molecule has 0 radical (unpaired) electrons. The van der Waals surface area contributed by atoms with Gasteiger partial charge in [-0.2, -0.15) is 0 Å². The predicted molar refractivity (Wildman–Crippen MR) is 116 cm³/mol. The van der Waals surface area contributed by atoms with Crippen LogP contribution in [0.3, 0.4) is 0 Å².